The topological polar surface area (TPSA) is 146 Å². The fourth-order valence-electron chi connectivity index (χ4n) is 4.18. The largest absolute Gasteiger partial charge is 0.454 e. The molecule has 1 aromatic heterocycles. The molecular formula is C31H37F3N6O6. The van der Waals surface area contributed by atoms with Gasteiger partial charge < -0.3 is 34.9 Å². The Morgan fingerprint density at radius 1 is 0.717 bits per heavy atom. The van der Waals surface area contributed by atoms with E-state index in [1.807, 2.05) is 0 Å². The minimum atomic E-state index is -4.59. The lowest BCUT2D eigenvalue weighted by molar-refractivity contribution is -0.154. The predicted molar refractivity (Wildman–Crippen MR) is 162 cm³/mol. The third-order valence-electron chi connectivity index (χ3n) is 6.55. The number of alkyl halides is 3. The van der Waals surface area contributed by atoms with Gasteiger partial charge in [0, 0.05) is 49.5 Å². The van der Waals surface area contributed by atoms with E-state index in [0.717, 1.165) is 12.0 Å². The Hall–Kier alpha value is -4.34. The van der Waals surface area contributed by atoms with Gasteiger partial charge >= 0.3 is 12.2 Å². The molecule has 0 unspecified atom stereocenters. The summed E-state index contributed by atoms with van der Waals surface area (Å²) in [4.78, 5) is 37.3. The van der Waals surface area contributed by atoms with Crippen LogP contribution in [0.1, 0.15) is 52.0 Å². The second-order valence-corrected chi connectivity index (χ2v) is 10.2. The van der Waals surface area contributed by atoms with Crippen LogP contribution in [0.2, 0.25) is 0 Å². The van der Waals surface area contributed by atoms with Crippen molar-refractivity contribution in [3.63, 3.8) is 0 Å². The first-order chi connectivity index (χ1) is 22.2. The number of amides is 1. The SMILES string of the molecule is O=C1CCCCOCCOCCOCCCNC(=O)c2ccc(cc2)Nc2nc(nc(OCC(F)(F)F)n2)NCc2ccc1cc2. The molecule has 0 atom stereocenters. The number of ether oxygens (including phenoxy) is 4. The van der Waals surface area contributed by atoms with Gasteiger partial charge in [-0.25, -0.2) is 0 Å². The van der Waals surface area contributed by atoms with Gasteiger partial charge in [0.15, 0.2) is 12.4 Å². The van der Waals surface area contributed by atoms with E-state index in [9.17, 15) is 22.8 Å². The van der Waals surface area contributed by atoms with Crippen LogP contribution in [0.25, 0.3) is 0 Å². The summed E-state index contributed by atoms with van der Waals surface area (Å²) in [6.07, 6.45) is -2.14. The molecule has 3 aliphatic heterocycles. The first kappa shape index (κ1) is 34.5. The number of nitrogens with zero attached hydrogens (tertiary/aromatic N) is 3. The minimum absolute atomic E-state index is 0.0195. The maximum Gasteiger partial charge on any atom is 0.422 e. The molecule has 0 fully saturated rings. The van der Waals surface area contributed by atoms with Crippen LogP contribution in [0.15, 0.2) is 48.5 Å². The Labute approximate surface area is 264 Å². The van der Waals surface area contributed by atoms with Crippen molar-refractivity contribution in [2.45, 2.75) is 38.4 Å². The van der Waals surface area contributed by atoms with Crippen molar-refractivity contribution in [3.05, 3.63) is 65.2 Å². The maximum atomic E-state index is 12.8. The van der Waals surface area contributed by atoms with Gasteiger partial charge in [0.1, 0.15) is 0 Å². The van der Waals surface area contributed by atoms with Gasteiger partial charge in [-0.2, -0.15) is 28.1 Å². The zero-order valence-electron chi connectivity index (χ0n) is 25.2. The maximum absolute atomic E-state index is 12.8. The quantitative estimate of drug-likeness (QED) is 0.356. The summed E-state index contributed by atoms with van der Waals surface area (Å²) in [5.41, 5.74) is 2.26. The lowest BCUT2D eigenvalue weighted by atomic mass is 10.0. The molecule has 1 amide bonds. The van der Waals surface area contributed by atoms with Crippen LogP contribution in [0.3, 0.4) is 0 Å². The zero-order valence-corrected chi connectivity index (χ0v) is 25.2. The number of fused-ring (bicyclic) bond motifs is 2. The van der Waals surface area contributed by atoms with Crippen molar-refractivity contribution >= 4 is 29.3 Å². The number of ketones is 1. The van der Waals surface area contributed by atoms with Crippen LogP contribution >= 0.6 is 0 Å². The van der Waals surface area contributed by atoms with Gasteiger partial charge in [0.25, 0.3) is 5.91 Å². The highest BCUT2D eigenvalue weighted by molar-refractivity contribution is 5.96. The van der Waals surface area contributed by atoms with E-state index in [2.05, 4.69) is 30.9 Å². The second kappa shape index (κ2) is 18.0. The molecule has 248 valence electrons. The van der Waals surface area contributed by atoms with Crippen molar-refractivity contribution < 1.29 is 41.7 Å². The Balaban J connectivity index is 1.45. The molecule has 4 heterocycles. The van der Waals surface area contributed by atoms with Gasteiger partial charge in [0.05, 0.1) is 26.4 Å². The molecule has 2 aromatic carbocycles. The number of Topliss-reactive ketones (excluding diaryl/α,β-unsaturated/α-hetero) is 1. The molecule has 3 N–H and O–H groups in total. The Bertz CT molecular complexity index is 1390. The fraction of sp³-hybridized carbons (Fsp3) is 0.452. The molecule has 15 heteroatoms. The predicted octanol–water partition coefficient (Wildman–Crippen LogP) is 4.70. The third kappa shape index (κ3) is 12.6. The van der Waals surface area contributed by atoms with E-state index in [0.29, 0.717) is 82.3 Å². The highest BCUT2D eigenvalue weighted by Gasteiger charge is 2.29. The average Bonchev–Trinajstić information content (AvgIpc) is 3.04. The zero-order chi connectivity index (χ0) is 32.6. The molecule has 0 saturated carbocycles. The van der Waals surface area contributed by atoms with E-state index < -0.39 is 18.8 Å². The number of benzene rings is 2. The number of carbonyl (C=O) groups excluding carboxylic acids is 2. The Kier molecular flexibility index (Phi) is 13.5. The number of aromatic nitrogens is 3. The van der Waals surface area contributed by atoms with E-state index in [1.54, 1.807) is 48.5 Å². The van der Waals surface area contributed by atoms with Crippen molar-refractivity contribution in [1.82, 2.24) is 20.3 Å². The summed E-state index contributed by atoms with van der Waals surface area (Å²) in [7, 11) is 0. The molecule has 0 saturated heterocycles. The fourth-order valence-corrected chi connectivity index (χ4v) is 4.18. The molecule has 12 nitrogen and oxygen atoms in total. The van der Waals surface area contributed by atoms with Crippen LogP contribution in [0.5, 0.6) is 6.01 Å². The molecule has 0 radical (unpaired) electrons. The minimum Gasteiger partial charge on any atom is -0.454 e. The number of hydrogen-bond donors (Lipinski definition) is 3. The number of halogens is 3. The number of hydrogen-bond acceptors (Lipinski definition) is 11. The van der Waals surface area contributed by atoms with Crippen molar-refractivity contribution in [2.24, 2.45) is 0 Å². The Morgan fingerprint density at radius 3 is 2.04 bits per heavy atom. The van der Waals surface area contributed by atoms with Gasteiger partial charge in [0.2, 0.25) is 11.9 Å². The normalized spacial score (nSPS) is 16.8. The smallest absolute Gasteiger partial charge is 0.422 e. The van der Waals surface area contributed by atoms with E-state index in [1.165, 1.54) is 0 Å². The summed E-state index contributed by atoms with van der Waals surface area (Å²) >= 11 is 0. The van der Waals surface area contributed by atoms with Crippen LogP contribution < -0.4 is 20.7 Å². The molecule has 3 aliphatic rings. The summed E-state index contributed by atoms with van der Waals surface area (Å²) in [5.74, 6) is -0.346. The third-order valence-corrected chi connectivity index (χ3v) is 6.55. The van der Waals surface area contributed by atoms with Gasteiger partial charge in [-0.15, -0.1) is 0 Å². The van der Waals surface area contributed by atoms with Gasteiger partial charge in [-0.1, -0.05) is 24.3 Å². The number of anilines is 3. The first-order valence-corrected chi connectivity index (χ1v) is 15.0. The van der Waals surface area contributed by atoms with Crippen LogP contribution in [-0.2, 0) is 20.8 Å². The van der Waals surface area contributed by atoms with Crippen LogP contribution in [0.4, 0.5) is 30.8 Å². The molecule has 6 rings (SSSR count). The molecule has 6 bridgehead atoms. The van der Waals surface area contributed by atoms with E-state index in [-0.39, 0.29) is 30.1 Å². The first-order valence-electron chi connectivity index (χ1n) is 15.0. The summed E-state index contributed by atoms with van der Waals surface area (Å²) in [5, 5.41) is 8.69. The molecule has 46 heavy (non-hydrogen) atoms. The number of carbonyl (C=O) groups is 2. The van der Waals surface area contributed by atoms with Crippen molar-refractivity contribution in [2.75, 3.05) is 63.4 Å². The lowest BCUT2D eigenvalue weighted by Gasteiger charge is -2.12. The van der Waals surface area contributed by atoms with Crippen LogP contribution in [0, 0.1) is 0 Å². The lowest BCUT2D eigenvalue weighted by Crippen LogP contribution is -2.25. The van der Waals surface area contributed by atoms with E-state index >= 15 is 0 Å². The highest BCUT2D eigenvalue weighted by atomic mass is 19.4. The number of nitrogens with one attached hydrogen (secondary N) is 3. The standard InChI is InChI=1S/C31H37F3N6O6/c32-31(33,34)21-46-30-39-28-36-20-22-5-7-23(8-6-22)26(41)4-1-2-14-43-16-18-45-19-17-44-15-3-13-35-27(42)24-9-11-25(12-10-24)37-29(38-28)40-30/h5-12H,1-4,13-21H2,(H,35,42)(H2,36,37,38,39,40). The summed E-state index contributed by atoms with van der Waals surface area (Å²) in [6.45, 7) is 1.83. The van der Waals surface area contributed by atoms with Gasteiger partial charge in [-0.3, -0.25) is 9.59 Å². The Morgan fingerprint density at radius 2 is 1.35 bits per heavy atom. The molecule has 0 aliphatic carbocycles. The van der Waals surface area contributed by atoms with E-state index in [4.69, 9.17) is 18.9 Å². The molecule has 0 spiro atoms. The monoisotopic (exact) mass is 646 g/mol. The second-order valence-electron chi connectivity index (χ2n) is 10.2. The van der Waals surface area contributed by atoms with Crippen molar-refractivity contribution in [1.29, 1.82) is 0 Å². The van der Waals surface area contributed by atoms with Crippen LogP contribution in [-0.4, -0.2) is 85.6 Å². The summed E-state index contributed by atoms with van der Waals surface area (Å²) in [6, 6.07) is 12.9. The van der Waals surface area contributed by atoms with Gasteiger partial charge in [-0.05, 0) is 49.1 Å². The highest BCUT2D eigenvalue weighted by Crippen LogP contribution is 2.21. The average molecular weight is 647 g/mol. The summed E-state index contributed by atoms with van der Waals surface area (Å²) < 4.78 is 59.8. The molecule has 3 aromatic rings. The number of rotatable bonds is 2. The molecular weight excluding hydrogens is 609 g/mol. The van der Waals surface area contributed by atoms with Crippen molar-refractivity contribution in [3.8, 4) is 6.01 Å².